The van der Waals surface area contributed by atoms with Gasteiger partial charge in [0.05, 0.1) is 24.6 Å². The molecule has 2 aromatic rings. The molecule has 0 spiro atoms. The number of carbonyl (C=O) groups is 1. The summed E-state index contributed by atoms with van der Waals surface area (Å²) in [6.45, 7) is 4.63. The zero-order valence-corrected chi connectivity index (χ0v) is 12.6. The molecule has 0 atom stereocenters. The van der Waals surface area contributed by atoms with Gasteiger partial charge in [0.1, 0.15) is 5.82 Å². The lowest BCUT2D eigenvalue weighted by atomic mass is 10.1. The van der Waals surface area contributed by atoms with Gasteiger partial charge in [0.15, 0.2) is 0 Å². The van der Waals surface area contributed by atoms with Gasteiger partial charge in [-0.2, -0.15) is 5.10 Å². The second-order valence-electron chi connectivity index (χ2n) is 4.87. The van der Waals surface area contributed by atoms with Crippen molar-refractivity contribution in [1.82, 2.24) is 15.2 Å². The molecule has 0 saturated carbocycles. The van der Waals surface area contributed by atoms with Crippen LogP contribution in [0.25, 0.3) is 0 Å². The van der Waals surface area contributed by atoms with Crippen LogP contribution in [0.1, 0.15) is 33.7 Å². The van der Waals surface area contributed by atoms with E-state index in [0.717, 1.165) is 30.9 Å². The molecule has 0 fully saturated rings. The monoisotopic (exact) mass is 288 g/mol. The minimum absolute atomic E-state index is 0.359. The third-order valence-corrected chi connectivity index (χ3v) is 3.35. The fourth-order valence-electron chi connectivity index (χ4n) is 2.11. The molecule has 2 N–H and O–H groups in total. The van der Waals surface area contributed by atoms with Gasteiger partial charge >= 0.3 is 5.97 Å². The third kappa shape index (κ3) is 3.81. The van der Waals surface area contributed by atoms with Gasteiger partial charge in [-0.3, -0.25) is 5.10 Å². The van der Waals surface area contributed by atoms with Crippen LogP contribution in [0, 0.1) is 13.8 Å². The summed E-state index contributed by atoms with van der Waals surface area (Å²) in [7, 11) is 1.37. The summed E-state index contributed by atoms with van der Waals surface area (Å²) in [5.41, 5.74) is 3.52. The predicted octanol–water partition coefficient (Wildman–Crippen LogP) is 2.25. The number of anilines is 1. The number of nitrogens with one attached hydrogen (secondary N) is 2. The first-order chi connectivity index (χ1) is 10.1. The van der Waals surface area contributed by atoms with Crippen molar-refractivity contribution in [3.05, 3.63) is 40.8 Å². The molecule has 0 bridgehead atoms. The highest BCUT2D eigenvalue weighted by Crippen LogP contribution is 2.12. The van der Waals surface area contributed by atoms with Crippen molar-refractivity contribution >= 4 is 11.8 Å². The van der Waals surface area contributed by atoms with E-state index in [9.17, 15) is 4.79 Å². The molecule has 6 heteroatoms. The van der Waals surface area contributed by atoms with Crippen LogP contribution in [0.5, 0.6) is 0 Å². The molecule has 112 valence electrons. The van der Waals surface area contributed by atoms with Gasteiger partial charge in [0.2, 0.25) is 0 Å². The van der Waals surface area contributed by atoms with Crippen LogP contribution in [0.4, 0.5) is 5.82 Å². The highest BCUT2D eigenvalue weighted by atomic mass is 16.5. The summed E-state index contributed by atoms with van der Waals surface area (Å²) in [4.78, 5) is 15.8. The number of hydrogen-bond acceptors (Lipinski definition) is 5. The fourth-order valence-corrected chi connectivity index (χ4v) is 2.11. The van der Waals surface area contributed by atoms with Crippen LogP contribution in [0.2, 0.25) is 0 Å². The average Bonchev–Trinajstić information content (AvgIpc) is 2.88. The molecule has 21 heavy (non-hydrogen) atoms. The van der Waals surface area contributed by atoms with Crippen LogP contribution in [0.15, 0.2) is 18.3 Å². The number of esters is 1. The van der Waals surface area contributed by atoms with Gasteiger partial charge in [-0.1, -0.05) is 0 Å². The first-order valence-corrected chi connectivity index (χ1v) is 6.90. The van der Waals surface area contributed by atoms with Gasteiger partial charge in [0.25, 0.3) is 0 Å². The van der Waals surface area contributed by atoms with E-state index in [2.05, 4.69) is 20.5 Å². The molecule has 0 saturated heterocycles. The van der Waals surface area contributed by atoms with E-state index < -0.39 is 0 Å². The number of ether oxygens (including phenoxy) is 1. The quantitative estimate of drug-likeness (QED) is 0.629. The maximum absolute atomic E-state index is 11.5. The smallest absolute Gasteiger partial charge is 0.339 e. The molecule has 0 aliphatic heterocycles. The fraction of sp³-hybridized carbons (Fsp3) is 0.400. The summed E-state index contributed by atoms with van der Waals surface area (Å²) in [5.74, 6) is 0.408. The highest BCUT2D eigenvalue weighted by Gasteiger charge is 2.10. The minimum atomic E-state index is -0.359. The van der Waals surface area contributed by atoms with E-state index >= 15 is 0 Å². The molecule has 0 radical (unpaired) electrons. The van der Waals surface area contributed by atoms with Crippen molar-refractivity contribution in [3.63, 3.8) is 0 Å². The highest BCUT2D eigenvalue weighted by molar-refractivity contribution is 5.90. The number of aryl methyl sites for hydroxylation is 3. The number of H-pyrrole nitrogens is 1. The molecule has 0 amide bonds. The Morgan fingerprint density at radius 3 is 2.81 bits per heavy atom. The lowest BCUT2D eigenvalue weighted by Gasteiger charge is -2.08. The molecule has 0 aliphatic carbocycles. The molecule has 2 heterocycles. The van der Waals surface area contributed by atoms with Gasteiger partial charge in [-0.25, -0.2) is 9.78 Å². The molecule has 2 aromatic heterocycles. The standard InChI is InChI=1S/C15H20N4O2/c1-10-12(9-17-19-10)5-4-8-16-14-7-6-13(11(2)18-14)15(20)21-3/h6-7,9H,4-5,8H2,1-3H3,(H,16,18)(H,17,19). The molecule has 6 nitrogen and oxygen atoms in total. The van der Waals surface area contributed by atoms with Crippen LogP contribution < -0.4 is 5.32 Å². The molecular formula is C15H20N4O2. The average molecular weight is 288 g/mol. The van der Waals surface area contributed by atoms with Crippen molar-refractivity contribution in [2.24, 2.45) is 0 Å². The second kappa shape index (κ2) is 6.88. The molecule has 0 aromatic carbocycles. The molecule has 0 aliphatic rings. The number of aromatic nitrogens is 3. The summed E-state index contributed by atoms with van der Waals surface area (Å²) in [6.07, 6.45) is 3.82. The predicted molar refractivity (Wildman–Crippen MR) is 80.4 cm³/mol. The van der Waals surface area contributed by atoms with Crippen molar-refractivity contribution < 1.29 is 9.53 Å². The van der Waals surface area contributed by atoms with Crippen molar-refractivity contribution in [1.29, 1.82) is 0 Å². The van der Waals surface area contributed by atoms with Crippen LogP contribution in [0.3, 0.4) is 0 Å². The first-order valence-electron chi connectivity index (χ1n) is 6.90. The van der Waals surface area contributed by atoms with Gasteiger partial charge in [-0.05, 0) is 44.4 Å². The summed E-state index contributed by atoms with van der Waals surface area (Å²) < 4.78 is 4.70. The lowest BCUT2D eigenvalue weighted by molar-refractivity contribution is 0.0599. The van der Waals surface area contributed by atoms with Crippen LogP contribution in [-0.2, 0) is 11.2 Å². The number of carbonyl (C=O) groups excluding carboxylic acids is 1. The zero-order chi connectivity index (χ0) is 15.2. The zero-order valence-electron chi connectivity index (χ0n) is 12.6. The number of hydrogen-bond donors (Lipinski definition) is 2. The van der Waals surface area contributed by atoms with E-state index in [4.69, 9.17) is 4.74 Å². The van der Waals surface area contributed by atoms with Gasteiger partial charge in [-0.15, -0.1) is 0 Å². The number of rotatable bonds is 6. The van der Waals surface area contributed by atoms with E-state index in [0.29, 0.717) is 11.3 Å². The summed E-state index contributed by atoms with van der Waals surface area (Å²) >= 11 is 0. The minimum Gasteiger partial charge on any atom is -0.465 e. The molecule has 2 rings (SSSR count). The normalized spacial score (nSPS) is 10.4. The number of aromatic amines is 1. The Bertz CT molecular complexity index is 622. The molecule has 0 unspecified atom stereocenters. The largest absolute Gasteiger partial charge is 0.465 e. The second-order valence-corrected chi connectivity index (χ2v) is 4.87. The Balaban J connectivity index is 1.85. The topological polar surface area (TPSA) is 79.9 Å². The van der Waals surface area contributed by atoms with Gasteiger partial charge in [0, 0.05) is 12.2 Å². The third-order valence-electron chi connectivity index (χ3n) is 3.35. The first kappa shape index (κ1) is 15.0. The van der Waals surface area contributed by atoms with E-state index in [1.807, 2.05) is 13.1 Å². The number of pyridine rings is 1. The Morgan fingerprint density at radius 1 is 1.38 bits per heavy atom. The van der Waals surface area contributed by atoms with E-state index in [1.54, 1.807) is 19.1 Å². The van der Waals surface area contributed by atoms with Crippen molar-refractivity contribution in [3.8, 4) is 0 Å². The Morgan fingerprint density at radius 2 is 2.19 bits per heavy atom. The Hall–Kier alpha value is -2.37. The van der Waals surface area contributed by atoms with Crippen molar-refractivity contribution in [2.75, 3.05) is 19.0 Å². The van der Waals surface area contributed by atoms with Crippen LogP contribution in [-0.4, -0.2) is 34.8 Å². The lowest BCUT2D eigenvalue weighted by Crippen LogP contribution is -2.09. The maximum atomic E-state index is 11.5. The van der Waals surface area contributed by atoms with E-state index in [1.165, 1.54) is 12.7 Å². The Kier molecular flexibility index (Phi) is 4.92. The van der Waals surface area contributed by atoms with E-state index in [-0.39, 0.29) is 5.97 Å². The van der Waals surface area contributed by atoms with Crippen LogP contribution >= 0.6 is 0 Å². The molecular weight excluding hydrogens is 268 g/mol. The van der Waals surface area contributed by atoms with Gasteiger partial charge < -0.3 is 10.1 Å². The summed E-state index contributed by atoms with van der Waals surface area (Å²) in [6, 6.07) is 3.53. The number of methoxy groups -OCH3 is 1. The maximum Gasteiger partial charge on any atom is 0.339 e. The summed E-state index contributed by atoms with van der Waals surface area (Å²) in [5, 5.41) is 10.2. The SMILES string of the molecule is COC(=O)c1ccc(NCCCc2cn[nH]c2C)nc1C. The number of nitrogens with zero attached hydrogens (tertiary/aromatic N) is 2. The van der Waals surface area contributed by atoms with Crippen molar-refractivity contribution in [2.45, 2.75) is 26.7 Å². The Labute approximate surface area is 123 Å².